The van der Waals surface area contributed by atoms with Gasteiger partial charge >= 0.3 is 0 Å². The first-order chi connectivity index (χ1) is 9.86. The van der Waals surface area contributed by atoms with Gasteiger partial charge in [-0.3, -0.25) is 4.98 Å². The monoisotopic (exact) mass is 266 g/mol. The van der Waals surface area contributed by atoms with Gasteiger partial charge < -0.3 is 4.84 Å². The van der Waals surface area contributed by atoms with Crippen molar-refractivity contribution in [2.75, 3.05) is 0 Å². The maximum absolute atomic E-state index is 5.45. The molecule has 1 atom stereocenters. The lowest BCUT2D eigenvalue weighted by atomic mass is 10.00. The highest BCUT2D eigenvalue weighted by Crippen LogP contribution is 2.23. The maximum atomic E-state index is 5.45. The molecule has 0 aliphatic carbocycles. The van der Waals surface area contributed by atoms with Gasteiger partial charge in [0.1, 0.15) is 6.10 Å². The minimum absolute atomic E-state index is 0.257. The summed E-state index contributed by atoms with van der Waals surface area (Å²) in [7, 11) is 0. The highest BCUT2D eigenvalue weighted by molar-refractivity contribution is 6.01. The first-order valence-electron chi connectivity index (χ1n) is 7.10. The minimum atomic E-state index is 0.257. The molecule has 0 unspecified atom stereocenters. The highest BCUT2D eigenvalue weighted by atomic mass is 16.6. The molecule has 1 aliphatic heterocycles. The number of oxime groups is 1. The van der Waals surface area contributed by atoms with E-state index in [9.17, 15) is 0 Å². The van der Waals surface area contributed by atoms with Crippen LogP contribution in [0.25, 0.3) is 11.1 Å². The SMILES string of the molecule is CCC[C@H]1CC(c2ccc(-c3cccnc3)cc2)=NO1. The van der Waals surface area contributed by atoms with E-state index in [0.717, 1.165) is 36.1 Å². The van der Waals surface area contributed by atoms with Crippen LogP contribution in [-0.4, -0.2) is 16.8 Å². The van der Waals surface area contributed by atoms with Crippen LogP contribution in [0.1, 0.15) is 31.7 Å². The van der Waals surface area contributed by atoms with Gasteiger partial charge in [-0.05, 0) is 29.2 Å². The molecule has 0 N–H and O–H groups in total. The van der Waals surface area contributed by atoms with Crippen molar-refractivity contribution in [2.24, 2.45) is 5.16 Å². The average Bonchev–Trinajstić information content (AvgIpc) is 2.97. The van der Waals surface area contributed by atoms with Crippen molar-refractivity contribution in [1.82, 2.24) is 4.98 Å². The molecule has 2 aromatic rings. The van der Waals surface area contributed by atoms with Crippen molar-refractivity contribution < 1.29 is 4.84 Å². The molecule has 0 fully saturated rings. The molecular weight excluding hydrogens is 248 g/mol. The van der Waals surface area contributed by atoms with Crippen LogP contribution in [0, 0.1) is 0 Å². The molecule has 1 aliphatic rings. The van der Waals surface area contributed by atoms with Crippen LogP contribution < -0.4 is 0 Å². The van der Waals surface area contributed by atoms with E-state index in [4.69, 9.17) is 4.84 Å². The van der Waals surface area contributed by atoms with Crippen LogP contribution in [0.2, 0.25) is 0 Å². The van der Waals surface area contributed by atoms with Crippen LogP contribution in [0.5, 0.6) is 0 Å². The molecular formula is C17H18N2O. The number of nitrogens with zero attached hydrogens (tertiary/aromatic N) is 2. The zero-order chi connectivity index (χ0) is 13.8. The lowest BCUT2D eigenvalue weighted by Crippen LogP contribution is -2.07. The van der Waals surface area contributed by atoms with E-state index in [-0.39, 0.29) is 6.10 Å². The molecule has 0 saturated carbocycles. The second-order valence-corrected chi connectivity index (χ2v) is 5.08. The second-order valence-electron chi connectivity index (χ2n) is 5.08. The maximum Gasteiger partial charge on any atom is 0.133 e. The third-order valence-electron chi connectivity index (χ3n) is 3.56. The van der Waals surface area contributed by atoms with Gasteiger partial charge in [0.15, 0.2) is 0 Å². The number of benzene rings is 1. The molecule has 0 radical (unpaired) electrons. The van der Waals surface area contributed by atoms with Gasteiger partial charge in [0.25, 0.3) is 0 Å². The summed E-state index contributed by atoms with van der Waals surface area (Å²) >= 11 is 0. The Morgan fingerprint density at radius 3 is 2.60 bits per heavy atom. The highest BCUT2D eigenvalue weighted by Gasteiger charge is 2.21. The Bertz CT molecular complexity index is 590. The predicted octanol–water partition coefficient (Wildman–Crippen LogP) is 4.04. The Morgan fingerprint density at radius 2 is 1.90 bits per heavy atom. The smallest absolute Gasteiger partial charge is 0.133 e. The molecule has 20 heavy (non-hydrogen) atoms. The van der Waals surface area contributed by atoms with Gasteiger partial charge in [0.05, 0.1) is 5.71 Å². The fourth-order valence-corrected chi connectivity index (χ4v) is 2.46. The first kappa shape index (κ1) is 12.9. The molecule has 102 valence electrons. The topological polar surface area (TPSA) is 34.5 Å². The van der Waals surface area contributed by atoms with E-state index in [1.165, 1.54) is 5.56 Å². The molecule has 3 nitrogen and oxygen atoms in total. The third kappa shape index (κ3) is 2.72. The molecule has 1 aromatic heterocycles. The van der Waals surface area contributed by atoms with Crippen LogP contribution >= 0.6 is 0 Å². The van der Waals surface area contributed by atoms with Crippen molar-refractivity contribution >= 4 is 5.71 Å². The van der Waals surface area contributed by atoms with E-state index >= 15 is 0 Å². The number of rotatable bonds is 4. The summed E-state index contributed by atoms with van der Waals surface area (Å²) in [5, 5.41) is 4.21. The van der Waals surface area contributed by atoms with Crippen molar-refractivity contribution in [3.05, 3.63) is 54.4 Å². The summed E-state index contributed by atoms with van der Waals surface area (Å²) < 4.78 is 0. The Morgan fingerprint density at radius 1 is 1.10 bits per heavy atom. The van der Waals surface area contributed by atoms with E-state index in [2.05, 4.69) is 47.4 Å². The molecule has 1 aromatic carbocycles. The standard InChI is InChI=1S/C17H18N2O/c1-2-4-16-11-17(19-20-16)14-8-6-13(7-9-14)15-5-3-10-18-12-15/h3,5-10,12,16H,2,4,11H2,1H3/t16-/m0/s1. The third-order valence-corrected chi connectivity index (χ3v) is 3.56. The van der Waals surface area contributed by atoms with Crippen molar-refractivity contribution in [3.63, 3.8) is 0 Å². The fourth-order valence-electron chi connectivity index (χ4n) is 2.46. The normalized spacial score (nSPS) is 17.6. The molecule has 0 spiro atoms. The van der Waals surface area contributed by atoms with Crippen molar-refractivity contribution in [2.45, 2.75) is 32.3 Å². The summed E-state index contributed by atoms with van der Waals surface area (Å²) in [6, 6.07) is 12.5. The lowest BCUT2D eigenvalue weighted by molar-refractivity contribution is 0.0786. The zero-order valence-corrected chi connectivity index (χ0v) is 11.6. The van der Waals surface area contributed by atoms with Gasteiger partial charge in [-0.25, -0.2) is 0 Å². The van der Waals surface area contributed by atoms with Gasteiger partial charge in [0, 0.05) is 18.8 Å². The quantitative estimate of drug-likeness (QED) is 0.837. The van der Waals surface area contributed by atoms with Crippen LogP contribution in [0.4, 0.5) is 0 Å². The Labute approximate surface area is 119 Å². The Hall–Kier alpha value is -2.16. The van der Waals surface area contributed by atoms with E-state index in [0.29, 0.717) is 0 Å². The number of hydrogen-bond acceptors (Lipinski definition) is 3. The fraction of sp³-hybridized carbons (Fsp3) is 0.294. The van der Waals surface area contributed by atoms with Gasteiger partial charge in [-0.1, -0.05) is 48.8 Å². The van der Waals surface area contributed by atoms with E-state index in [1.54, 1.807) is 6.20 Å². The molecule has 3 heteroatoms. The lowest BCUT2D eigenvalue weighted by Gasteiger charge is -2.05. The average molecular weight is 266 g/mol. The molecule has 0 saturated heterocycles. The molecule has 3 rings (SSSR count). The Kier molecular flexibility index (Phi) is 3.77. The number of aromatic nitrogens is 1. The summed E-state index contributed by atoms with van der Waals surface area (Å²) in [6.45, 7) is 2.17. The van der Waals surface area contributed by atoms with Gasteiger partial charge in [-0.2, -0.15) is 0 Å². The molecule has 0 bridgehead atoms. The zero-order valence-electron chi connectivity index (χ0n) is 11.6. The number of hydrogen-bond donors (Lipinski definition) is 0. The summed E-state index contributed by atoms with van der Waals surface area (Å²) in [5.74, 6) is 0. The van der Waals surface area contributed by atoms with Crippen molar-refractivity contribution in [1.29, 1.82) is 0 Å². The largest absolute Gasteiger partial charge is 0.392 e. The van der Waals surface area contributed by atoms with Gasteiger partial charge in [-0.15, -0.1) is 0 Å². The summed E-state index contributed by atoms with van der Waals surface area (Å²) in [4.78, 5) is 9.60. The second kappa shape index (κ2) is 5.87. The van der Waals surface area contributed by atoms with Crippen LogP contribution in [0.3, 0.4) is 0 Å². The first-order valence-corrected chi connectivity index (χ1v) is 7.10. The summed E-state index contributed by atoms with van der Waals surface area (Å²) in [6.07, 6.45) is 7.04. The molecule has 0 amide bonds. The predicted molar refractivity (Wildman–Crippen MR) is 80.6 cm³/mol. The summed E-state index contributed by atoms with van der Waals surface area (Å²) in [5.41, 5.74) is 4.51. The van der Waals surface area contributed by atoms with Crippen LogP contribution in [0.15, 0.2) is 53.9 Å². The van der Waals surface area contributed by atoms with E-state index < -0.39 is 0 Å². The molecule has 2 heterocycles. The van der Waals surface area contributed by atoms with Crippen LogP contribution in [-0.2, 0) is 4.84 Å². The van der Waals surface area contributed by atoms with Gasteiger partial charge in [0.2, 0.25) is 0 Å². The van der Waals surface area contributed by atoms with E-state index in [1.807, 2.05) is 12.3 Å². The Balaban J connectivity index is 1.74. The number of pyridine rings is 1. The van der Waals surface area contributed by atoms with Crippen molar-refractivity contribution in [3.8, 4) is 11.1 Å². The minimum Gasteiger partial charge on any atom is -0.392 e.